The Morgan fingerprint density at radius 1 is 1.22 bits per heavy atom. The Balaban J connectivity index is 1.88. The van der Waals surface area contributed by atoms with Crippen LogP contribution in [0.25, 0.3) is 0 Å². The van der Waals surface area contributed by atoms with Crippen LogP contribution in [0.1, 0.15) is 22.4 Å². The average molecular weight is 485 g/mol. The van der Waals surface area contributed by atoms with Crippen molar-refractivity contribution in [2.45, 2.75) is 18.9 Å². The molecule has 0 bridgehead atoms. The zero-order chi connectivity index (χ0) is 25.6. The highest BCUT2D eigenvalue weighted by molar-refractivity contribution is 6.18. The molecule has 1 atom stereocenters. The van der Waals surface area contributed by atoms with E-state index in [1.807, 2.05) is 0 Å². The Bertz CT molecular complexity index is 1510. The van der Waals surface area contributed by atoms with E-state index in [-0.39, 0.29) is 35.9 Å². The van der Waals surface area contributed by atoms with Gasteiger partial charge in [-0.3, -0.25) is 14.6 Å². The maximum atomic E-state index is 14.3. The molecule has 36 heavy (non-hydrogen) atoms. The van der Waals surface area contributed by atoms with Gasteiger partial charge in [-0.05, 0) is 30.7 Å². The van der Waals surface area contributed by atoms with Crippen molar-refractivity contribution in [2.24, 2.45) is 5.73 Å². The second-order valence-electron chi connectivity index (χ2n) is 8.58. The Hall–Kier alpha value is -4.66. The molecule has 2 aromatic heterocycles. The predicted molar refractivity (Wildman–Crippen MR) is 132 cm³/mol. The fourth-order valence-corrected chi connectivity index (χ4v) is 5.12. The largest absolute Gasteiger partial charge is 0.465 e. The van der Waals surface area contributed by atoms with Crippen LogP contribution in [0.15, 0.2) is 83.8 Å². The number of pyridine rings is 2. The highest BCUT2D eigenvalue weighted by Crippen LogP contribution is 2.54. The number of carbonyl (C=O) groups is 2. The minimum atomic E-state index is -1.85. The summed E-state index contributed by atoms with van der Waals surface area (Å²) in [5.74, 6) is -1.53. The van der Waals surface area contributed by atoms with Crippen molar-refractivity contribution in [3.05, 3.63) is 112 Å². The summed E-state index contributed by atoms with van der Waals surface area (Å²) >= 11 is 0. The van der Waals surface area contributed by atoms with Gasteiger partial charge in [0.1, 0.15) is 16.7 Å². The van der Waals surface area contributed by atoms with E-state index >= 15 is 0 Å². The van der Waals surface area contributed by atoms with Crippen LogP contribution in [-0.2, 0) is 26.3 Å². The molecule has 0 saturated carbocycles. The molecule has 9 heteroatoms. The number of carbonyl (C=O) groups excluding carboxylic acids is 2. The van der Waals surface area contributed by atoms with Gasteiger partial charge in [0.2, 0.25) is 11.8 Å². The SMILES string of the molecule is C=CCN1C(=O)C2(C(C(=O)OC)=C(N)Oc3cc(C)n(Cc4ccncc4)c(=O)c32)c2ccccc21. The van der Waals surface area contributed by atoms with E-state index in [1.54, 1.807) is 72.4 Å². The lowest BCUT2D eigenvalue weighted by Crippen LogP contribution is -2.52. The van der Waals surface area contributed by atoms with E-state index in [9.17, 15) is 14.4 Å². The fraction of sp³-hybridized carbons (Fsp3) is 0.185. The van der Waals surface area contributed by atoms with Gasteiger partial charge in [-0.2, -0.15) is 0 Å². The van der Waals surface area contributed by atoms with Crippen LogP contribution in [0, 0.1) is 6.92 Å². The highest BCUT2D eigenvalue weighted by Gasteiger charge is 2.62. The third kappa shape index (κ3) is 3.09. The van der Waals surface area contributed by atoms with Gasteiger partial charge in [0.15, 0.2) is 0 Å². The van der Waals surface area contributed by atoms with Crippen molar-refractivity contribution in [1.82, 2.24) is 9.55 Å². The Kier molecular flexibility index (Phi) is 5.47. The topological polar surface area (TPSA) is 117 Å². The number of hydrogen-bond acceptors (Lipinski definition) is 7. The molecule has 4 heterocycles. The number of methoxy groups -OCH3 is 1. The smallest absolute Gasteiger partial charge is 0.340 e. The van der Waals surface area contributed by atoms with E-state index in [4.69, 9.17) is 15.2 Å². The number of aryl methyl sites for hydroxylation is 1. The molecule has 2 aliphatic heterocycles. The van der Waals surface area contributed by atoms with E-state index in [2.05, 4.69) is 11.6 Å². The van der Waals surface area contributed by atoms with Crippen LogP contribution in [0.3, 0.4) is 0 Å². The third-order valence-corrected chi connectivity index (χ3v) is 6.64. The number of esters is 1. The number of para-hydroxylation sites is 1. The quantitative estimate of drug-likeness (QED) is 0.436. The van der Waals surface area contributed by atoms with Crippen LogP contribution in [0.4, 0.5) is 5.69 Å². The lowest BCUT2D eigenvalue weighted by atomic mass is 9.68. The number of rotatable bonds is 5. The monoisotopic (exact) mass is 484 g/mol. The van der Waals surface area contributed by atoms with Crippen molar-refractivity contribution in [3.63, 3.8) is 0 Å². The Morgan fingerprint density at radius 2 is 1.94 bits per heavy atom. The van der Waals surface area contributed by atoms with Gasteiger partial charge in [-0.25, -0.2) is 4.79 Å². The molecule has 9 nitrogen and oxygen atoms in total. The first-order valence-electron chi connectivity index (χ1n) is 11.3. The summed E-state index contributed by atoms with van der Waals surface area (Å²) in [6.07, 6.45) is 4.86. The number of nitrogens with two attached hydrogens (primary N) is 1. The molecule has 2 N–H and O–H groups in total. The molecular weight excluding hydrogens is 460 g/mol. The van der Waals surface area contributed by atoms with Crippen LogP contribution in [0.2, 0.25) is 0 Å². The number of hydrogen-bond donors (Lipinski definition) is 1. The van der Waals surface area contributed by atoms with Crippen molar-refractivity contribution >= 4 is 17.6 Å². The summed E-state index contributed by atoms with van der Waals surface area (Å²) < 4.78 is 12.4. The second-order valence-corrected chi connectivity index (χ2v) is 8.58. The molecule has 0 aliphatic carbocycles. The van der Waals surface area contributed by atoms with Gasteiger partial charge in [0.05, 0.1) is 19.2 Å². The lowest BCUT2D eigenvalue weighted by Gasteiger charge is -2.35. The number of anilines is 1. The second kappa shape index (κ2) is 8.53. The zero-order valence-electron chi connectivity index (χ0n) is 19.9. The van der Waals surface area contributed by atoms with E-state index < -0.39 is 22.9 Å². The number of amides is 1. The van der Waals surface area contributed by atoms with Crippen molar-refractivity contribution < 1.29 is 19.1 Å². The van der Waals surface area contributed by atoms with Crippen molar-refractivity contribution in [3.8, 4) is 5.75 Å². The molecular formula is C27H24N4O5. The standard InChI is InChI=1S/C27H24N4O5/c1-4-13-30-19-8-6-5-7-18(19)27(26(30)34)21-20(36-23(28)22(27)25(33)35-3)14-16(2)31(24(21)32)15-17-9-11-29-12-10-17/h4-12,14H,1,13,15,28H2,2-3H3. The molecule has 1 aromatic carbocycles. The maximum Gasteiger partial charge on any atom is 0.340 e. The van der Waals surface area contributed by atoms with Crippen LogP contribution in [0.5, 0.6) is 5.75 Å². The molecule has 1 spiro atoms. The summed E-state index contributed by atoms with van der Waals surface area (Å²) in [5, 5.41) is 0. The minimum Gasteiger partial charge on any atom is -0.465 e. The molecule has 1 amide bonds. The normalized spacial score (nSPS) is 18.1. The lowest BCUT2D eigenvalue weighted by molar-refractivity contribution is -0.138. The van der Waals surface area contributed by atoms with Gasteiger partial charge >= 0.3 is 5.97 Å². The maximum absolute atomic E-state index is 14.3. The summed E-state index contributed by atoms with van der Waals surface area (Å²) in [7, 11) is 1.19. The molecule has 0 radical (unpaired) electrons. The van der Waals surface area contributed by atoms with E-state index in [0.29, 0.717) is 16.9 Å². The first-order valence-corrected chi connectivity index (χ1v) is 11.3. The molecule has 182 valence electrons. The summed E-state index contributed by atoms with van der Waals surface area (Å²) in [6, 6.07) is 12.3. The van der Waals surface area contributed by atoms with Gasteiger partial charge in [-0.15, -0.1) is 6.58 Å². The van der Waals surface area contributed by atoms with Crippen molar-refractivity contribution in [1.29, 1.82) is 0 Å². The average Bonchev–Trinajstić information content (AvgIpc) is 3.10. The van der Waals surface area contributed by atoms with Crippen LogP contribution >= 0.6 is 0 Å². The van der Waals surface area contributed by atoms with Gasteiger partial charge in [0.25, 0.3) is 5.56 Å². The first-order chi connectivity index (χ1) is 17.4. The van der Waals surface area contributed by atoms with Gasteiger partial charge in [-0.1, -0.05) is 24.3 Å². The molecule has 2 aliphatic rings. The predicted octanol–water partition coefficient (Wildman–Crippen LogP) is 2.15. The highest BCUT2D eigenvalue weighted by atomic mass is 16.5. The summed E-state index contributed by atoms with van der Waals surface area (Å²) in [5.41, 5.74) is 6.17. The molecule has 5 rings (SSSR count). The van der Waals surface area contributed by atoms with Gasteiger partial charge in [0, 0.05) is 41.9 Å². The van der Waals surface area contributed by atoms with Crippen LogP contribution < -0.4 is 20.9 Å². The van der Waals surface area contributed by atoms with Gasteiger partial charge < -0.3 is 24.7 Å². The number of ether oxygens (including phenoxy) is 2. The molecule has 1 unspecified atom stereocenters. The first kappa shape index (κ1) is 23.1. The Morgan fingerprint density at radius 3 is 2.64 bits per heavy atom. The van der Waals surface area contributed by atoms with Crippen LogP contribution in [-0.4, -0.2) is 35.1 Å². The van der Waals surface area contributed by atoms with Crippen molar-refractivity contribution in [2.75, 3.05) is 18.6 Å². The number of aromatic nitrogens is 2. The number of nitrogens with zero attached hydrogens (tertiary/aromatic N) is 3. The number of benzene rings is 1. The van der Waals surface area contributed by atoms with E-state index in [0.717, 1.165) is 5.56 Å². The minimum absolute atomic E-state index is 0.0146. The molecule has 0 fully saturated rings. The zero-order valence-corrected chi connectivity index (χ0v) is 19.9. The Labute approximate surface area is 207 Å². The molecule has 0 saturated heterocycles. The fourth-order valence-electron chi connectivity index (χ4n) is 5.12. The molecule has 3 aromatic rings. The summed E-state index contributed by atoms with van der Waals surface area (Å²) in [4.78, 5) is 47.3. The third-order valence-electron chi connectivity index (χ3n) is 6.64. The number of fused-ring (bicyclic) bond motifs is 4. The van der Waals surface area contributed by atoms with E-state index in [1.165, 1.54) is 12.0 Å². The summed E-state index contributed by atoms with van der Waals surface area (Å²) in [6.45, 7) is 5.93.